The second-order valence-electron chi connectivity index (χ2n) is 6.10. The molecule has 1 aromatic carbocycles. The Labute approximate surface area is 146 Å². The smallest absolute Gasteiger partial charge is 0.159 e. The van der Waals surface area contributed by atoms with Gasteiger partial charge < -0.3 is 5.73 Å². The van der Waals surface area contributed by atoms with Crippen LogP contribution in [0.1, 0.15) is 42.1 Å². The molecule has 0 atom stereocenters. The third kappa shape index (κ3) is 3.70. The standard InChI is InChI=1S/C18H19N7/c1-12(2)17-11-25(24-23-17)10-15-5-13(6-19)3-4-16(15)18-21-8-14(7-20)9-22-18/h3-5,8-9,11-12H,7,10,20H2,1-2H3. The Balaban J connectivity index is 1.99. The van der Waals surface area contributed by atoms with E-state index < -0.39 is 0 Å². The van der Waals surface area contributed by atoms with Crippen molar-refractivity contribution in [2.45, 2.75) is 32.9 Å². The molecule has 0 fully saturated rings. The minimum absolute atomic E-state index is 0.311. The van der Waals surface area contributed by atoms with Crippen LogP contribution in [-0.2, 0) is 13.1 Å². The molecule has 25 heavy (non-hydrogen) atoms. The van der Waals surface area contributed by atoms with Crippen LogP contribution in [0, 0.1) is 11.3 Å². The molecule has 0 amide bonds. The average molecular weight is 333 g/mol. The molecule has 2 heterocycles. The molecule has 0 aliphatic heterocycles. The molecule has 7 heteroatoms. The number of hydrogen-bond donors (Lipinski definition) is 1. The molecule has 0 radical (unpaired) electrons. The zero-order valence-electron chi connectivity index (χ0n) is 14.2. The van der Waals surface area contributed by atoms with Gasteiger partial charge >= 0.3 is 0 Å². The highest BCUT2D eigenvalue weighted by molar-refractivity contribution is 5.62. The van der Waals surface area contributed by atoms with Crippen molar-refractivity contribution in [2.75, 3.05) is 0 Å². The van der Waals surface area contributed by atoms with Gasteiger partial charge in [0.2, 0.25) is 0 Å². The lowest BCUT2D eigenvalue weighted by Crippen LogP contribution is -2.05. The molecular formula is C18H19N7. The summed E-state index contributed by atoms with van der Waals surface area (Å²) in [6.07, 6.45) is 5.36. The summed E-state index contributed by atoms with van der Waals surface area (Å²) in [7, 11) is 0. The zero-order chi connectivity index (χ0) is 17.8. The lowest BCUT2D eigenvalue weighted by atomic mass is 10.0. The minimum Gasteiger partial charge on any atom is -0.326 e. The summed E-state index contributed by atoms with van der Waals surface area (Å²) in [5.74, 6) is 0.909. The largest absolute Gasteiger partial charge is 0.326 e. The Hall–Kier alpha value is -3.11. The summed E-state index contributed by atoms with van der Waals surface area (Å²) in [6.45, 7) is 5.04. The highest BCUT2D eigenvalue weighted by Gasteiger charge is 2.12. The Morgan fingerprint density at radius 1 is 1.24 bits per heavy atom. The van der Waals surface area contributed by atoms with E-state index in [0.717, 1.165) is 22.4 Å². The van der Waals surface area contributed by atoms with E-state index in [0.29, 0.717) is 30.4 Å². The Morgan fingerprint density at radius 3 is 2.60 bits per heavy atom. The lowest BCUT2D eigenvalue weighted by molar-refractivity contribution is 0.649. The van der Waals surface area contributed by atoms with Crippen LogP contribution in [0.2, 0.25) is 0 Å². The molecule has 0 aliphatic carbocycles. The van der Waals surface area contributed by atoms with Gasteiger partial charge in [0.25, 0.3) is 0 Å². The first-order chi connectivity index (χ1) is 12.1. The van der Waals surface area contributed by atoms with Crippen molar-refractivity contribution in [1.29, 1.82) is 5.26 Å². The first-order valence-corrected chi connectivity index (χ1v) is 8.05. The van der Waals surface area contributed by atoms with Crippen molar-refractivity contribution in [1.82, 2.24) is 25.0 Å². The predicted molar refractivity (Wildman–Crippen MR) is 93.3 cm³/mol. The molecule has 0 spiro atoms. The van der Waals surface area contributed by atoms with Gasteiger partial charge in [0.1, 0.15) is 0 Å². The van der Waals surface area contributed by atoms with Crippen LogP contribution in [0.15, 0.2) is 36.8 Å². The normalized spacial score (nSPS) is 10.8. The lowest BCUT2D eigenvalue weighted by Gasteiger charge is -2.09. The van der Waals surface area contributed by atoms with Gasteiger partial charge in [-0.3, -0.25) is 0 Å². The van der Waals surface area contributed by atoms with Gasteiger partial charge in [0.15, 0.2) is 5.82 Å². The van der Waals surface area contributed by atoms with Crippen molar-refractivity contribution < 1.29 is 0 Å². The van der Waals surface area contributed by atoms with E-state index in [4.69, 9.17) is 5.73 Å². The number of nitriles is 1. The van der Waals surface area contributed by atoms with E-state index in [1.807, 2.05) is 18.3 Å². The van der Waals surface area contributed by atoms with Crippen molar-refractivity contribution in [3.8, 4) is 17.5 Å². The van der Waals surface area contributed by atoms with Gasteiger partial charge in [0, 0.05) is 36.3 Å². The average Bonchev–Trinajstić information content (AvgIpc) is 3.10. The highest BCUT2D eigenvalue weighted by Crippen LogP contribution is 2.23. The molecule has 2 N–H and O–H groups in total. The number of benzene rings is 1. The first-order valence-electron chi connectivity index (χ1n) is 8.05. The Morgan fingerprint density at radius 2 is 2.00 bits per heavy atom. The van der Waals surface area contributed by atoms with Crippen molar-refractivity contribution in [3.63, 3.8) is 0 Å². The fourth-order valence-electron chi connectivity index (χ4n) is 2.44. The van der Waals surface area contributed by atoms with Gasteiger partial charge in [-0.2, -0.15) is 5.26 Å². The minimum atomic E-state index is 0.311. The van der Waals surface area contributed by atoms with Crippen LogP contribution in [0.4, 0.5) is 0 Å². The van der Waals surface area contributed by atoms with E-state index in [9.17, 15) is 5.26 Å². The van der Waals surface area contributed by atoms with Gasteiger partial charge in [-0.25, -0.2) is 14.6 Å². The molecule has 0 unspecified atom stereocenters. The topological polar surface area (TPSA) is 106 Å². The summed E-state index contributed by atoms with van der Waals surface area (Å²) >= 11 is 0. The number of aromatic nitrogens is 5. The number of nitrogens with zero attached hydrogens (tertiary/aromatic N) is 6. The maximum atomic E-state index is 9.20. The third-order valence-corrected chi connectivity index (χ3v) is 3.90. The van der Waals surface area contributed by atoms with E-state index in [2.05, 4.69) is 40.2 Å². The fraction of sp³-hybridized carbons (Fsp3) is 0.278. The second-order valence-corrected chi connectivity index (χ2v) is 6.10. The van der Waals surface area contributed by atoms with Crippen LogP contribution in [0.25, 0.3) is 11.4 Å². The molecule has 3 aromatic rings. The highest BCUT2D eigenvalue weighted by atomic mass is 15.4. The Kier molecular flexibility index (Phi) is 4.82. The predicted octanol–water partition coefficient (Wildman–Crippen LogP) is 2.24. The zero-order valence-corrected chi connectivity index (χ0v) is 14.2. The van der Waals surface area contributed by atoms with Crippen molar-refractivity contribution >= 4 is 0 Å². The Bertz CT molecular complexity index is 904. The first kappa shape index (κ1) is 16.7. The quantitative estimate of drug-likeness (QED) is 0.767. The van der Waals surface area contributed by atoms with E-state index in [-0.39, 0.29) is 0 Å². The van der Waals surface area contributed by atoms with Crippen molar-refractivity contribution in [3.05, 3.63) is 59.2 Å². The molecule has 2 aromatic heterocycles. The molecule has 0 saturated carbocycles. The van der Waals surface area contributed by atoms with Crippen LogP contribution >= 0.6 is 0 Å². The maximum Gasteiger partial charge on any atom is 0.159 e. The summed E-state index contributed by atoms with van der Waals surface area (Å²) in [5, 5.41) is 17.6. The van der Waals surface area contributed by atoms with Gasteiger partial charge in [-0.05, 0) is 29.7 Å². The summed E-state index contributed by atoms with van der Waals surface area (Å²) in [4.78, 5) is 8.78. The molecule has 0 aliphatic rings. The van der Waals surface area contributed by atoms with E-state index in [1.54, 1.807) is 23.1 Å². The number of rotatable bonds is 5. The van der Waals surface area contributed by atoms with Crippen LogP contribution < -0.4 is 5.73 Å². The van der Waals surface area contributed by atoms with Crippen LogP contribution in [0.5, 0.6) is 0 Å². The maximum absolute atomic E-state index is 9.20. The third-order valence-electron chi connectivity index (χ3n) is 3.90. The monoisotopic (exact) mass is 333 g/mol. The summed E-state index contributed by atoms with van der Waals surface area (Å²) < 4.78 is 1.77. The molecule has 126 valence electrons. The van der Waals surface area contributed by atoms with Crippen LogP contribution in [-0.4, -0.2) is 25.0 Å². The number of hydrogen-bond acceptors (Lipinski definition) is 6. The van der Waals surface area contributed by atoms with Gasteiger partial charge in [0.05, 0.1) is 23.9 Å². The summed E-state index contributed by atoms with van der Waals surface area (Å²) in [6, 6.07) is 7.64. The fourth-order valence-corrected chi connectivity index (χ4v) is 2.44. The number of nitrogens with two attached hydrogens (primary N) is 1. The molecule has 0 saturated heterocycles. The van der Waals surface area contributed by atoms with Gasteiger partial charge in [-0.1, -0.05) is 19.1 Å². The van der Waals surface area contributed by atoms with Crippen molar-refractivity contribution in [2.24, 2.45) is 5.73 Å². The SMILES string of the molecule is CC(C)c1cn(Cc2cc(C#N)ccc2-c2ncc(CN)cn2)nn1. The van der Waals surface area contributed by atoms with Crippen LogP contribution in [0.3, 0.4) is 0 Å². The van der Waals surface area contributed by atoms with E-state index in [1.165, 1.54) is 0 Å². The molecule has 7 nitrogen and oxygen atoms in total. The second kappa shape index (κ2) is 7.20. The van der Waals surface area contributed by atoms with Gasteiger partial charge in [-0.15, -0.1) is 5.10 Å². The summed E-state index contributed by atoms with van der Waals surface area (Å²) in [5.41, 5.74) is 9.77. The molecule has 3 rings (SSSR count). The molecular weight excluding hydrogens is 314 g/mol. The molecule has 0 bridgehead atoms. The van der Waals surface area contributed by atoms with E-state index >= 15 is 0 Å².